The Balaban J connectivity index is 1.81. The molecule has 0 aliphatic carbocycles. The molecule has 2 aromatic heterocycles. The number of amides is 1. The monoisotopic (exact) mass is 348 g/mol. The molecule has 1 fully saturated rings. The summed E-state index contributed by atoms with van der Waals surface area (Å²) in [5, 5.41) is 0.942. The summed E-state index contributed by atoms with van der Waals surface area (Å²) >= 11 is 1.49. The first-order chi connectivity index (χ1) is 11.5. The van der Waals surface area contributed by atoms with Gasteiger partial charge < -0.3 is 14.2 Å². The highest BCUT2D eigenvalue weighted by Gasteiger charge is 2.29. The van der Waals surface area contributed by atoms with Crippen molar-refractivity contribution >= 4 is 17.2 Å². The normalized spacial score (nSPS) is 18.2. The predicted molar refractivity (Wildman–Crippen MR) is 93.4 cm³/mol. The maximum atomic E-state index is 12.9. The van der Waals surface area contributed by atoms with Crippen LogP contribution in [0.25, 0.3) is 0 Å². The first-order valence-electron chi connectivity index (χ1n) is 8.26. The van der Waals surface area contributed by atoms with E-state index < -0.39 is 0 Å². The smallest absolute Gasteiger partial charge is 0.265 e. The topological polar surface area (TPSA) is 60.2 Å². The molecule has 0 saturated carbocycles. The van der Waals surface area contributed by atoms with Gasteiger partial charge in [0.1, 0.15) is 17.3 Å². The average Bonchev–Trinajstić information content (AvgIpc) is 3.09. The molecule has 3 heterocycles. The molecule has 0 spiro atoms. The lowest BCUT2D eigenvalue weighted by Crippen LogP contribution is -2.41. The van der Waals surface area contributed by atoms with Gasteiger partial charge in [-0.3, -0.25) is 4.79 Å². The van der Waals surface area contributed by atoms with E-state index in [4.69, 9.17) is 4.74 Å². The van der Waals surface area contributed by atoms with Crippen molar-refractivity contribution in [1.29, 1.82) is 0 Å². The Morgan fingerprint density at radius 3 is 2.88 bits per heavy atom. The molecule has 0 bridgehead atoms. The van der Waals surface area contributed by atoms with E-state index >= 15 is 0 Å². The second-order valence-electron chi connectivity index (χ2n) is 6.31. The summed E-state index contributed by atoms with van der Waals surface area (Å²) < 4.78 is 7.49. The van der Waals surface area contributed by atoms with Crippen molar-refractivity contribution in [3.63, 3.8) is 0 Å². The summed E-state index contributed by atoms with van der Waals surface area (Å²) in [7, 11) is 1.68. The molecule has 0 radical (unpaired) electrons. The van der Waals surface area contributed by atoms with Crippen molar-refractivity contribution in [2.45, 2.75) is 46.3 Å². The molecule has 130 valence electrons. The second-order valence-corrected chi connectivity index (χ2v) is 7.52. The molecule has 1 saturated heterocycles. The van der Waals surface area contributed by atoms with Gasteiger partial charge in [0.05, 0.1) is 16.7 Å². The first-order valence-corrected chi connectivity index (χ1v) is 9.08. The maximum absolute atomic E-state index is 12.9. The summed E-state index contributed by atoms with van der Waals surface area (Å²) in [6, 6.07) is 0.254. The SMILES string of the molecule is COCc1ncc(C)n1C1CCCN(C(=O)c2sc(C)nc2C)C1. The zero-order valence-corrected chi connectivity index (χ0v) is 15.5. The minimum absolute atomic E-state index is 0.105. The minimum Gasteiger partial charge on any atom is -0.377 e. The minimum atomic E-state index is 0.105. The molecule has 1 aliphatic rings. The second kappa shape index (κ2) is 7.03. The van der Waals surface area contributed by atoms with E-state index in [1.165, 1.54) is 11.3 Å². The number of carbonyl (C=O) groups excluding carboxylic acids is 1. The van der Waals surface area contributed by atoms with Crippen LogP contribution in [0.3, 0.4) is 0 Å². The van der Waals surface area contributed by atoms with Gasteiger partial charge in [0.2, 0.25) is 0 Å². The Morgan fingerprint density at radius 1 is 1.42 bits per heavy atom. The lowest BCUT2D eigenvalue weighted by Gasteiger charge is -2.34. The van der Waals surface area contributed by atoms with Crippen molar-refractivity contribution in [1.82, 2.24) is 19.4 Å². The lowest BCUT2D eigenvalue weighted by molar-refractivity contribution is 0.0676. The van der Waals surface area contributed by atoms with Crippen molar-refractivity contribution < 1.29 is 9.53 Å². The van der Waals surface area contributed by atoms with Crippen LogP contribution in [0.1, 0.15) is 50.8 Å². The van der Waals surface area contributed by atoms with E-state index in [0.717, 1.165) is 46.5 Å². The number of hydrogen-bond donors (Lipinski definition) is 0. The summed E-state index contributed by atoms with van der Waals surface area (Å²) in [6.07, 6.45) is 3.93. The third-order valence-electron chi connectivity index (χ3n) is 4.48. The molecule has 0 N–H and O–H groups in total. The van der Waals surface area contributed by atoms with E-state index in [0.29, 0.717) is 13.2 Å². The Morgan fingerprint density at radius 2 is 2.21 bits per heavy atom. The third-order valence-corrected chi connectivity index (χ3v) is 5.54. The number of rotatable bonds is 4. The molecule has 24 heavy (non-hydrogen) atoms. The van der Waals surface area contributed by atoms with E-state index in [1.807, 2.05) is 24.9 Å². The molecule has 1 unspecified atom stereocenters. The number of methoxy groups -OCH3 is 1. The van der Waals surface area contributed by atoms with Crippen LogP contribution >= 0.6 is 11.3 Å². The number of piperidine rings is 1. The molecule has 3 rings (SSSR count). The first kappa shape index (κ1) is 17.1. The molecular weight excluding hydrogens is 324 g/mol. The van der Waals surface area contributed by atoms with Crippen LogP contribution in [-0.2, 0) is 11.3 Å². The van der Waals surface area contributed by atoms with Crippen LogP contribution in [0.15, 0.2) is 6.20 Å². The van der Waals surface area contributed by atoms with Crippen LogP contribution in [0.5, 0.6) is 0 Å². The Bertz CT molecular complexity index is 737. The number of nitrogens with zero attached hydrogens (tertiary/aromatic N) is 4. The number of aryl methyl sites for hydroxylation is 3. The summed E-state index contributed by atoms with van der Waals surface area (Å²) in [5.41, 5.74) is 1.95. The predicted octanol–water partition coefficient (Wildman–Crippen LogP) is 2.89. The Labute approximate surface area is 146 Å². The van der Waals surface area contributed by atoms with Crippen molar-refractivity contribution in [3.05, 3.63) is 33.3 Å². The lowest BCUT2D eigenvalue weighted by atomic mass is 10.0. The standard InChI is InChI=1S/C17H24N4O2S/c1-11-8-18-15(10-23-4)21(11)14-6-5-7-20(9-14)17(22)16-12(2)19-13(3)24-16/h8,14H,5-7,9-10H2,1-4H3. The van der Waals surface area contributed by atoms with Gasteiger partial charge in [-0.25, -0.2) is 9.97 Å². The molecule has 1 amide bonds. The van der Waals surface area contributed by atoms with Crippen molar-refractivity contribution in [3.8, 4) is 0 Å². The fourth-order valence-electron chi connectivity index (χ4n) is 3.45. The van der Waals surface area contributed by atoms with Crippen molar-refractivity contribution in [2.24, 2.45) is 0 Å². The highest BCUT2D eigenvalue weighted by atomic mass is 32.1. The Hall–Kier alpha value is -1.73. The van der Waals surface area contributed by atoms with Gasteiger partial charge >= 0.3 is 0 Å². The largest absolute Gasteiger partial charge is 0.377 e. The van der Waals surface area contributed by atoms with Gasteiger partial charge in [0, 0.05) is 32.1 Å². The number of ether oxygens (including phenoxy) is 1. The highest BCUT2D eigenvalue weighted by molar-refractivity contribution is 7.13. The van der Waals surface area contributed by atoms with Gasteiger partial charge in [-0.15, -0.1) is 11.3 Å². The molecular formula is C17H24N4O2S. The zero-order chi connectivity index (χ0) is 17.3. The van der Waals surface area contributed by atoms with Crippen LogP contribution in [-0.4, -0.2) is 45.5 Å². The van der Waals surface area contributed by atoms with Crippen molar-refractivity contribution in [2.75, 3.05) is 20.2 Å². The number of aromatic nitrogens is 3. The fraction of sp³-hybridized carbons (Fsp3) is 0.588. The Kier molecular flexibility index (Phi) is 5.01. The quantitative estimate of drug-likeness (QED) is 0.852. The van der Waals surface area contributed by atoms with Crippen LogP contribution in [0.2, 0.25) is 0 Å². The van der Waals surface area contributed by atoms with Crippen LogP contribution in [0, 0.1) is 20.8 Å². The highest BCUT2D eigenvalue weighted by Crippen LogP contribution is 2.28. The molecule has 1 aliphatic heterocycles. The van der Waals surface area contributed by atoms with E-state index in [2.05, 4.69) is 21.5 Å². The zero-order valence-electron chi connectivity index (χ0n) is 14.7. The van der Waals surface area contributed by atoms with Gasteiger partial charge in [0.15, 0.2) is 0 Å². The van der Waals surface area contributed by atoms with Gasteiger partial charge in [-0.05, 0) is 33.6 Å². The maximum Gasteiger partial charge on any atom is 0.265 e. The molecule has 0 aromatic carbocycles. The van der Waals surface area contributed by atoms with Crippen LogP contribution < -0.4 is 0 Å². The number of thiazole rings is 1. The average molecular weight is 348 g/mol. The summed E-state index contributed by atoms with van der Waals surface area (Å²) in [4.78, 5) is 24.5. The summed E-state index contributed by atoms with van der Waals surface area (Å²) in [5.74, 6) is 1.04. The molecule has 7 heteroatoms. The number of likely N-dealkylation sites (tertiary alicyclic amines) is 1. The number of hydrogen-bond acceptors (Lipinski definition) is 5. The van der Waals surface area contributed by atoms with E-state index in [-0.39, 0.29) is 11.9 Å². The number of imidazole rings is 1. The number of carbonyl (C=O) groups is 1. The van der Waals surface area contributed by atoms with Crippen LogP contribution in [0.4, 0.5) is 0 Å². The summed E-state index contributed by atoms with van der Waals surface area (Å²) in [6.45, 7) is 7.92. The fourth-order valence-corrected chi connectivity index (χ4v) is 4.34. The molecule has 2 aromatic rings. The van der Waals surface area contributed by atoms with E-state index in [9.17, 15) is 4.79 Å². The van der Waals surface area contributed by atoms with Gasteiger partial charge in [0.25, 0.3) is 5.91 Å². The molecule has 6 nitrogen and oxygen atoms in total. The van der Waals surface area contributed by atoms with Gasteiger partial charge in [-0.2, -0.15) is 0 Å². The third kappa shape index (κ3) is 3.23. The molecule has 1 atom stereocenters. The van der Waals surface area contributed by atoms with Gasteiger partial charge in [-0.1, -0.05) is 0 Å². The van der Waals surface area contributed by atoms with E-state index in [1.54, 1.807) is 7.11 Å².